The van der Waals surface area contributed by atoms with Gasteiger partial charge in [-0.1, -0.05) is 11.6 Å². The van der Waals surface area contributed by atoms with Gasteiger partial charge in [-0.2, -0.15) is 0 Å². The van der Waals surface area contributed by atoms with E-state index in [-0.39, 0.29) is 11.5 Å². The molecule has 0 aromatic heterocycles. The fourth-order valence-electron chi connectivity index (χ4n) is 1.00. The van der Waals surface area contributed by atoms with E-state index in [0.29, 0.717) is 13.0 Å². The van der Waals surface area contributed by atoms with Crippen LogP contribution in [0.1, 0.15) is 12.8 Å². The topological polar surface area (TPSA) is 63.3 Å². The first-order valence-corrected chi connectivity index (χ1v) is 3.56. The van der Waals surface area contributed by atoms with Crippen LogP contribution in [-0.4, -0.2) is 17.4 Å². The first-order valence-electron chi connectivity index (χ1n) is 3.56. The zero-order valence-corrected chi connectivity index (χ0v) is 6.21. The summed E-state index contributed by atoms with van der Waals surface area (Å²) in [6.45, 7) is 0.549. The normalized spacial score (nSPS) is 17.7. The summed E-state index contributed by atoms with van der Waals surface area (Å²) in [7, 11) is 0. The minimum Gasteiger partial charge on any atom is -0.504 e. The maximum absolute atomic E-state index is 10.9. The first-order chi connectivity index (χ1) is 5.24. The Morgan fingerprint density at radius 2 is 2.27 bits per heavy atom. The van der Waals surface area contributed by atoms with Crippen molar-refractivity contribution < 1.29 is 9.90 Å². The number of hydrogen-bond donors (Lipinski definition) is 2. The minimum atomic E-state index is -0.212. The highest BCUT2D eigenvalue weighted by Crippen LogP contribution is 2.15. The Balaban J connectivity index is 2.65. The lowest BCUT2D eigenvalue weighted by Crippen LogP contribution is -2.10. The van der Waals surface area contributed by atoms with Crippen molar-refractivity contribution in [2.45, 2.75) is 12.8 Å². The van der Waals surface area contributed by atoms with E-state index >= 15 is 0 Å². The van der Waals surface area contributed by atoms with E-state index < -0.39 is 0 Å². The fraction of sp³-hybridized carbons (Fsp3) is 0.375. The Bertz CT molecular complexity index is 228. The van der Waals surface area contributed by atoms with Gasteiger partial charge in [0.1, 0.15) is 0 Å². The van der Waals surface area contributed by atoms with E-state index in [2.05, 4.69) is 0 Å². The number of Topliss-reactive ketones (excluding diaryl/α,β-unsaturated/α-hetero) is 1. The minimum absolute atomic E-state index is 0.147. The summed E-state index contributed by atoms with van der Waals surface area (Å²) in [6.07, 6.45) is 4.23. The van der Waals surface area contributed by atoms with Crippen molar-refractivity contribution in [1.29, 1.82) is 0 Å². The second-order valence-electron chi connectivity index (χ2n) is 2.52. The molecule has 0 heterocycles. The number of rotatable bonds is 2. The van der Waals surface area contributed by atoms with Crippen LogP contribution < -0.4 is 5.73 Å². The van der Waals surface area contributed by atoms with Gasteiger partial charge in [0, 0.05) is 6.42 Å². The van der Waals surface area contributed by atoms with Crippen LogP contribution >= 0.6 is 0 Å². The average Bonchev–Trinajstić information content (AvgIpc) is 1.98. The number of hydrogen-bond acceptors (Lipinski definition) is 3. The molecular formula is C8H11NO2. The number of carbonyl (C=O) groups excluding carboxylic acids is 1. The molecule has 0 fully saturated rings. The van der Waals surface area contributed by atoms with Gasteiger partial charge in [-0.05, 0) is 19.0 Å². The number of aliphatic hydroxyl groups is 1. The van der Waals surface area contributed by atoms with E-state index in [1.54, 1.807) is 6.08 Å². The van der Waals surface area contributed by atoms with E-state index in [9.17, 15) is 4.79 Å². The largest absolute Gasteiger partial charge is 0.504 e. The summed E-state index contributed by atoms with van der Waals surface area (Å²) in [5.41, 5.74) is 6.30. The van der Waals surface area contributed by atoms with E-state index in [0.717, 1.165) is 12.0 Å². The van der Waals surface area contributed by atoms with Crippen LogP contribution in [0.4, 0.5) is 0 Å². The van der Waals surface area contributed by atoms with Gasteiger partial charge in [0.25, 0.3) is 0 Å². The molecule has 0 saturated heterocycles. The Morgan fingerprint density at radius 1 is 1.55 bits per heavy atom. The molecule has 3 heteroatoms. The Morgan fingerprint density at radius 3 is 2.82 bits per heavy atom. The van der Waals surface area contributed by atoms with Crippen molar-refractivity contribution in [3.63, 3.8) is 0 Å². The van der Waals surface area contributed by atoms with Crippen molar-refractivity contribution in [1.82, 2.24) is 0 Å². The molecule has 1 aliphatic rings. The van der Waals surface area contributed by atoms with Gasteiger partial charge in [0.2, 0.25) is 5.78 Å². The molecule has 0 aromatic rings. The maximum atomic E-state index is 10.9. The molecule has 1 aliphatic carbocycles. The average molecular weight is 153 g/mol. The van der Waals surface area contributed by atoms with Gasteiger partial charge >= 0.3 is 0 Å². The highest BCUT2D eigenvalue weighted by Gasteiger charge is 2.13. The number of aliphatic hydroxyl groups excluding tert-OH is 1. The van der Waals surface area contributed by atoms with Gasteiger partial charge < -0.3 is 10.8 Å². The summed E-state index contributed by atoms with van der Waals surface area (Å²) in [6, 6.07) is 0. The van der Waals surface area contributed by atoms with Crippen molar-refractivity contribution in [2.75, 3.05) is 6.54 Å². The second-order valence-corrected chi connectivity index (χ2v) is 2.52. The van der Waals surface area contributed by atoms with Crippen molar-refractivity contribution in [3.05, 3.63) is 23.5 Å². The standard InChI is InChI=1S/C8H11NO2/c9-4-3-6-1-2-7(10)8(11)5-6/h1-2,10H,3-5,9H2. The van der Waals surface area contributed by atoms with Crippen LogP contribution in [0.5, 0.6) is 0 Å². The summed E-state index contributed by atoms with van der Waals surface area (Å²) in [5, 5.41) is 8.90. The van der Waals surface area contributed by atoms with Gasteiger partial charge in [-0.25, -0.2) is 0 Å². The lowest BCUT2D eigenvalue weighted by molar-refractivity contribution is -0.117. The SMILES string of the molecule is NCCC1=CC=C(O)C(=O)C1. The van der Waals surface area contributed by atoms with Crippen LogP contribution in [0.15, 0.2) is 23.5 Å². The lowest BCUT2D eigenvalue weighted by atomic mass is 10.0. The predicted octanol–water partition coefficient (Wildman–Crippen LogP) is 0.676. The van der Waals surface area contributed by atoms with Crippen molar-refractivity contribution >= 4 is 5.78 Å². The van der Waals surface area contributed by atoms with Crippen molar-refractivity contribution in [2.24, 2.45) is 5.73 Å². The molecule has 0 unspecified atom stereocenters. The van der Waals surface area contributed by atoms with E-state index in [1.807, 2.05) is 0 Å². The van der Waals surface area contributed by atoms with Crippen LogP contribution in [-0.2, 0) is 4.79 Å². The van der Waals surface area contributed by atoms with E-state index in [1.165, 1.54) is 6.08 Å². The molecule has 60 valence electrons. The summed E-state index contributed by atoms with van der Waals surface area (Å²) in [4.78, 5) is 10.9. The third-order valence-electron chi connectivity index (χ3n) is 1.62. The predicted molar refractivity (Wildman–Crippen MR) is 42.1 cm³/mol. The molecule has 0 bridgehead atoms. The summed E-state index contributed by atoms with van der Waals surface area (Å²) >= 11 is 0. The van der Waals surface area contributed by atoms with Gasteiger partial charge in [0.15, 0.2) is 5.76 Å². The summed E-state index contributed by atoms with van der Waals surface area (Å²) in [5.74, 6) is -0.360. The second kappa shape index (κ2) is 3.34. The summed E-state index contributed by atoms with van der Waals surface area (Å²) < 4.78 is 0. The molecule has 0 amide bonds. The smallest absolute Gasteiger partial charge is 0.201 e. The first kappa shape index (κ1) is 8.01. The van der Waals surface area contributed by atoms with Crippen LogP contribution in [0.25, 0.3) is 0 Å². The van der Waals surface area contributed by atoms with Gasteiger partial charge in [-0.3, -0.25) is 4.79 Å². The fourth-order valence-corrected chi connectivity index (χ4v) is 1.00. The molecule has 0 saturated carbocycles. The molecule has 0 aliphatic heterocycles. The molecule has 0 spiro atoms. The molecule has 0 radical (unpaired) electrons. The monoisotopic (exact) mass is 153 g/mol. The number of carbonyl (C=O) groups is 1. The Kier molecular flexibility index (Phi) is 2.44. The van der Waals surface area contributed by atoms with Gasteiger partial charge in [0.05, 0.1) is 0 Å². The quantitative estimate of drug-likeness (QED) is 0.613. The molecule has 3 N–H and O–H groups in total. The van der Waals surface area contributed by atoms with Crippen molar-refractivity contribution in [3.8, 4) is 0 Å². The molecule has 0 aromatic carbocycles. The molecule has 0 atom stereocenters. The third-order valence-corrected chi connectivity index (χ3v) is 1.62. The molecule has 1 rings (SSSR count). The number of nitrogens with two attached hydrogens (primary N) is 1. The molecule has 3 nitrogen and oxygen atoms in total. The zero-order chi connectivity index (χ0) is 8.27. The third kappa shape index (κ3) is 1.91. The number of allylic oxidation sites excluding steroid dienone is 3. The molecular weight excluding hydrogens is 142 g/mol. The number of ketones is 1. The van der Waals surface area contributed by atoms with Gasteiger partial charge in [-0.15, -0.1) is 0 Å². The van der Waals surface area contributed by atoms with E-state index in [4.69, 9.17) is 10.8 Å². The maximum Gasteiger partial charge on any atom is 0.201 e. The van der Waals surface area contributed by atoms with Crippen LogP contribution in [0, 0.1) is 0 Å². The lowest BCUT2D eigenvalue weighted by Gasteiger charge is -2.08. The highest BCUT2D eigenvalue weighted by atomic mass is 16.3. The Hall–Kier alpha value is -1.09. The highest BCUT2D eigenvalue weighted by molar-refractivity contribution is 5.96. The Labute approximate surface area is 65.2 Å². The molecule has 11 heavy (non-hydrogen) atoms. The van der Waals surface area contributed by atoms with Crippen LogP contribution in [0.3, 0.4) is 0 Å². The van der Waals surface area contributed by atoms with Crippen LogP contribution in [0.2, 0.25) is 0 Å². The zero-order valence-electron chi connectivity index (χ0n) is 6.21.